The van der Waals surface area contributed by atoms with Gasteiger partial charge in [-0.3, -0.25) is 4.79 Å². The number of carbonyl (C=O) groups excluding carboxylic acids is 1. The second kappa shape index (κ2) is 5.70. The Morgan fingerprint density at radius 1 is 1.09 bits per heavy atom. The summed E-state index contributed by atoms with van der Waals surface area (Å²) in [5, 5.41) is 15.3. The number of phenolic OH excluding ortho intramolecular Hbond substituents is 1. The average Bonchev–Trinajstić information content (AvgIpc) is 2.50. The highest BCUT2D eigenvalue weighted by atomic mass is 35.5. The maximum absolute atomic E-state index is 12.4. The van der Waals surface area contributed by atoms with Crippen LogP contribution in [0.25, 0.3) is 10.8 Å². The molecule has 3 nitrogen and oxygen atoms in total. The highest BCUT2D eigenvalue weighted by Gasteiger charge is 2.14. The fourth-order valence-electron chi connectivity index (χ4n) is 2.40. The molecule has 110 valence electrons. The lowest BCUT2D eigenvalue weighted by atomic mass is 10.0. The quantitative estimate of drug-likeness (QED) is 0.717. The van der Waals surface area contributed by atoms with Gasteiger partial charge in [-0.25, -0.2) is 0 Å². The molecule has 3 aromatic carbocycles. The second-order valence-corrected chi connectivity index (χ2v) is 5.53. The topological polar surface area (TPSA) is 49.3 Å². The van der Waals surface area contributed by atoms with Crippen LogP contribution in [0.15, 0.2) is 54.6 Å². The van der Waals surface area contributed by atoms with Crippen molar-refractivity contribution < 1.29 is 9.90 Å². The van der Waals surface area contributed by atoms with Crippen LogP contribution >= 0.6 is 11.6 Å². The van der Waals surface area contributed by atoms with Gasteiger partial charge in [0.1, 0.15) is 5.75 Å². The van der Waals surface area contributed by atoms with Gasteiger partial charge in [0.2, 0.25) is 0 Å². The Hall–Kier alpha value is -2.52. The van der Waals surface area contributed by atoms with Crippen molar-refractivity contribution in [1.29, 1.82) is 0 Å². The number of phenols is 1. The van der Waals surface area contributed by atoms with E-state index >= 15 is 0 Å². The Bertz CT molecular complexity index is 874. The van der Waals surface area contributed by atoms with E-state index in [1.807, 2.05) is 31.2 Å². The normalized spacial score (nSPS) is 10.6. The third-order valence-electron chi connectivity index (χ3n) is 3.58. The molecule has 1 amide bonds. The number of aromatic hydroxyl groups is 1. The summed E-state index contributed by atoms with van der Waals surface area (Å²) in [6.45, 7) is 1.86. The third-order valence-corrected chi connectivity index (χ3v) is 3.82. The Kier molecular flexibility index (Phi) is 3.73. The van der Waals surface area contributed by atoms with Gasteiger partial charge in [-0.2, -0.15) is 0 Å². The molecule has 0 atom stereocenters. The fraction of sp³-hybridized carbons (Fsp3) is 0.0556. The molecular weight excluding hydrogens is 298 g/mol. The molecule has 3 aromatic rings. The van der Waals surface area contributed by atoms with Gasteiger partial charge in [-0.15, -0.1) is 0 Å². The largest absolute Gasteiger partial charge is 0.506 e. The summed E-state index contributed by atoms with van der Waals surface area (Å²) in [6.07, 6.45) is 0. The van der Waals surface area contributed by atoms with Crippen molar-refractivity contribution in [3.8, 4) is 5.75 Å². The summed E-state index contributed by atoms with van der Waals surface area (Å²) < 4.78 is 0. The predicted octanol–water partition coefficient (Wildman–Crippen LogP) is 4.76. The average molecular weight is 312 g/mol. The third kappa shape index (κ3) is 2.63. The molecule has 0 heterocycles. The van der Waals surface area contributed by atoms with Crippen molar-refractivity contribution in [2.24, 2.45) is 0 Å². The van der Waals surface area contributed by atoms with Gasteiger partial charge < -0.3 is 10.4 Å². The molecule has 22 heavy (non-hydrogen) atoms. The molecule has 4 heteroatoms. The highest BCUT2D eigenvalue weighted by molar-refractivity contribution is 6.30. The fourth-order valence-corrected chi connectivity index (χ4v) is 2.62. The number of fused-ring (bicyclic) bond motifs is 1. The molecule has 0 aliphatic carbocycles. The van der Waals surface area contributed by atoms with Gasteiger partial charge in [0.25, 0.3) is 5.91 Å². The van der Waals surface area contributed by atoms with E-state index < -0.39 is 0 Å². The molecular formula is C18H14ClNO2. The van der Waals surface area contributed by atoms with E-state index in [9.17, 15) is 9.90 Å². The van der Waals surface area contributed by atoms with Crippen molar-refractivity contribution in [1.82, 2.24) is 0 Å². The minimum Gasteiger partial charge on any atom is -0.506 e. The number of amides is 1. The van der Waals surface area contributed by atoms with Crippen LogP contribution < -0.4 is 5.32 Å². The number of nitrogens with one attached hydrogen (secondary N) is 1. The SMILES string of the molecule is Cc1cc(Cl)ccc1NC(=O)c1ccc2ccccc2c1O. The Labute approximate surface area is 133 Å². The number of hydrogen-bond acceptors (Lipinski definition) is 2. The number of hydrogen-bond donors (Lipinski definition) is 2. The van der Waals surface area contributed by atoms with Crippen LogP contribution in [-0.4, -0.2) is 11.0 Å². The summed E-state index contributed by atoms with van der Waals surface area (Å²) in [6, 6.07) is 16.1. The number of benzene rings is 3. The monoisotopic (exact) mass is 311 g/mol. The van der Waals surface area contributed by atoms with E-state index in [0.717, 1.165) is 10.9 Å². The zero-order valence-corrected chi connectivity index (χ0v) is 12.7. The molecule has 0 aliphatic rings. The van der Waals surface area contributed by atoms with Crippen LogP contribution in [0, 0.1) is 6.92 Å². The predicted molar refractivity (Wildman–Crippen MR) is 89.8 cm³/mol. The van der Waals surface area contributed by atoms with Crippen molar-refractivity contribution >= 4 is 34.0 Å². The number of aryl methyl sites for hydroxylation is 1. The molecule has 0 radical (unpaired) electrons. The Balaban J connectivity index is 1.97. The Morgan fingerprint density at radius 3 is 2.64 bits per heavy atom. The van der Waals surface area contributed by atoms with Crippen molar-refractivity contribution in [2.45, 2.75) is 6.92 Å². The van der Waals surface area contributed by atoms with E-state index in [2.05, 4.69) is 5.32 Å². The maximum atomic E-state index is 12.4. The second-order valence-electron chi connectivity index (χ2n) is 5.10. The molecule has 0 bridgehead atoms. The van der Waals surface area contributed by atoms with Crippen molar-refractivity contribution in [3.05, 3.63) is 70.7 Å². The van der Waals surface area contributed by atoms with Gasteiger partial charge in [0.05, 0.1) is 5.56 Å². The highest BCUT2D eigenvalue weighted by Crippen LogP contribution is 2.29. The number of carbonyl (C=O) groups is 1. The summed E-state index contributed by atoms with van der Waals surface area (Å²) >= 11 is 5.91. The first kappa shape index (κ1) is 14.4. The van der Waals surface area contributed by atoms with Crippen LogP contribution in [0.5, 0.6) is 5.75 Å². The zero-order chi connectivity index (χ0) is 15.7. The number of anilines is 1. The van der Waals surface area contributed by atoms with Crippen LogP contribution in [0.1, 0.15) is 15.9 Å². The maximum Gasteiger partial charge on any atom is 0.259 e. The standard InChI is InChI=1S/C18H14ClNO2/c1-11-10-13(19)7-9-16(11)20-18(22)15-8-6-12-4-2-3-5-14(12)17(15)21/h2-10,21H,1H3,(H,20,22). The summed E-state index contributed by atoms with van der Waals surface area (Å²) in [7, 11) is 0. The zero-order valence-electron chi connectivity index (χ0n) is 11.9. The molecule has 3 rings (SSSR count). The molecule has 2 N–H and O–H groups in total. The van der Waals surface area contributed by atoms with E-state index in [4.69, 9.17) is 11.6 Å². The molecule has 0 aliphatic heterocycles. The lowest BCUT2D eigenvalue weighted by Crippen LogP contribution is -2.13. The van der Waals surface area contributed by atoms with Gasteiger partial charge in [-0.05, 0) is 42.1 Å². The smallest absolute Gasteiger partial charge is 0.259 e. The summed E-state index contributed by atoms with van der Waals surface area (Å²) in [5.74, 6) is -0.365. The van der Waals surface area contributed by atoms with E-state index in [0.29, 0.717) is 16.1 Å². The minimum absolute atomic E-state index is 0.0118. The first-order chi connectivity index (χ1) is 10.6. The summed E-state index contributed by atoms with van der Waals surface area (Å²) in [5.41, 5.74) is 1.77. The molecule has 0 fully saturated rings. The number of rotatable bonds is 2. The number of halogens is 1. The van der Waals surface area contributed by atoms with Crippen LogP contribution in [0.2, 0.25) is 5.02 Å². The molecule has 0 unspecified atom stereocenters. The van der Waals surface area contributed by atoms with Crippen molar-refractivity contribution in [2.75, 3.05) is 5.32 Å². The van der Waals surface area contributed by atoms with Crippen LogP contribution in [0.3, 0.4) is 0 Å². The van der Waals surface area contributed by atoms with Gasteiger partial charge in [-0.1, -0.05) is 41.9 Å². The summed E-state index contributed by atoms with van der Waals surface area (Å²) in [4.78, 5) is 12.4. The van der Waals surface area contributed by atoms with E-state index in [1.165, 1.54) is 0 Å². The van der Waals surface area contributed by atoms with Crippen molar-refractivity contribution in [3.63, 3.8) is 0 Å². The van der Waals surface area contributed by atoms with Crippen LogP contribution in [-0.2, 0) is 0 Å². The van der Waals surface area contributed by atoms with Gasteiger partial charge in [0, 0.05) is 16.1 Å². The lowest BCUT2D eigenvalue weighted by Gasteiger charge is -2.11. The first-order valence-corrected chi connectivity index (χ1v) is 7.22. The molecule has 0 saturated carbocycles. The van der Waals surface area contributed by atoms with E-state index in [-0.39, 0.29) is 17.2 Å². The molecule has 0 aromatic heterocycles. The van der Waals surface area contributed by atoms with Gasteiger partial charge in [0.15, 0.2) is 0 Å². The lowest BCUT2D eigenvalue weighted by molar-refractivity contribution is 0.102. The first-order valence-electron chi connectivity index (χ1n) is 6.84. The van der Waals surface area contributed by atoms with Gasteiger partial charge >= 0.3 is 0 Å². The van der Waals surface area contributed by atoms with E-state index in [1.54, 1.807) is 30.3 Å². The minimum atomic E-state index is -0.353. The van der Waals surface area contributed by atoms with Crippen LogP contribution in [0.4, 0.5) is 5.69 Å². The molecule has 0 spiro atoms. The Morgan fingerprint density at radius 2 is 1.86 bits per heavy atom. The molecule has 0 saturated heterocycles.